The maximum atomic E-state index is 10.9. The number of nitro groups is 1. The normalized spacial score (nSPS) is 10.8. The average molecular weight is 341 g/mol. The average Bonchev–Trinajstić information content (AvgIpc) is 2.68. The zero-order valence-corrected chi connectivity index (χ0v) is 14.1. The van der Waals surface area contributed by atoms with E-state index >= 15 is 0 Å². The van der Waals surface area contributed by atoms with Crippen LogP contribution < -0.4 is 0 Å². The number of fused-ring (bicyclic) bond motifs is 1. The molecule has 0 amide bonds. The van der Waals surface area contributed by atoms with Gasteiger partial charge in [-0.15, -0.1) is 0 Å². The van der Waals surface area contributed by atoms with Crippen molar-refractivity contribution in [2.75, 3.05) is 0 Å². The van der Waals surface area contributed by atoms with Crippen molar-refractivity contribution in [3.05, 3.63) is 88.5 Å². The predicted octanol–water partition coefficient (Wildman–Crippen LogP) is 5.18. The predicted molar refractivity (Wildman–Crippen MR) is 102 cm³/mol. The van der Waals surface area contributed by atoms with Crippen LogP contribution in [0.4, 0.5) is 5.69 Å². The van der Waals surface area contributed by atoms with Crippen molar-refractivity contribution in [2.24, 2.45) is 0 Å². The van der Waals surface area contributed by atoms with E-state index in [1.807, 2.05) is 55.5 Å². The maximum Gasteiger partial charge on any atom is 0.269 e. The molecule has 0 saturated heterocycles. The summed E-state index contributed by atoms with van der Waals surface area (Å²) in [5, 5.41) is 11.9. The first-order chi connectivity index (χ1) is 12.6. The molecule has 0 aliphatic carbocycles. The van der Waals surface area contributed by atoms with Crippen LogP contribution in [0.1, 0.15) is 5.56 Å². The van der Waals surface area contributed by atoms with E-state index in [-0.39, 0.29) is 5.69 Å². The lowest BCUT2D eigenvalue weighted by molar-refractivity contribution is -0.384. The first kappa shape index (κ1) is 15.9. The van der Waals surface area contributed by atoms with E-state index in [0.29, 0.717) is 5.82 Å². The van der Waals surface area contributed by atoms with E-state index in [4.69, 9.17) is 9.97 Å². The highest BCUT2D eigenvalue weighted by molar-refractivity contribution is 5.94. The van der Waals surface area contributed by atoms with Crippen LogP contribution in [0.5, 0.6) is 0 Å². The summed E-state index contributed by atoms with van der Waals surface area (Å²) in [4.78, 5) is 20.0. The third-order valence-corrected chi connectivity index (χ3v) is 4.23. The molecule has 0 bridgehead atoms. The molecule has 5 nitrogen and oxygen atoms in total. The smallest absolute Gasteiger partial charge is 0.258 e. The summed E-state index contributed by atoms with van der Waals surface area (Å²) >= 11 is 0. The van der Waals surface area contributed by atoms with Gasteiger partial charge in [-0.25, -0.2) is 9.97 Å². The zero-order chi connectivity index (χ0) is 18.1. The first-order valence-corrected chi connectivity index (χ1v) is 8.20. The van der Waals surface area contributed by atoms with Crippen LogP contribution in [0.2, 0.25) is 0 Å². The van der Waals surface area contributed by atoms with Gasteiger partial charge in [0.1, 0.15) is 0 Å². The van der Waals surface area contributed by atoms with Crippen molar-refractivity contribution in [3.63, 3.8) is 0 Å². The number of aromatic nitrogens is 2. The number of hydrogen-bond acceptors (Lipinski definition) is 4. The number of aryl methyl sites for hydroxylation is 1. The molecule has 5 heteroatoms. The van der Waals surface area contributed by atoms with Crippen LogP contribution in [-0.2, 0) is 0 Å². The quantitative estimate of drug-likeness (QED) is 0.380. The van der Waals surface area contributed by atoms with Gasteiger partial charge in [-0.3, -0.25) is 10.1 Å². The summed E-state index contributed by atoms with van der Waals surface area (Å²) in [6.07, 6.45) is 0. The van der Waals surface area contributed by atoms with E-state index in [1.54, 1.807) is 12.1 Å². The van der Waals surface area contributed by atoms with Gasteiger partial charge in [0.05, 0.1) is 16.1 Å². The summed E-state index contributed by atoms with van der Waals surface area (Å²) in [7, 11) is 0. The van der Waals surface area contributed by atoms with Crippen molar-refractivity contribution in [2.45, 2.75) is 6.92 Å². The summed E-state index contributed by atoms with van der Waals surface area (Å²) in [6.45, 7) is 2.02. The molecule has 4 rings (SSSR count). The van der Waals surface area contributed by atoms with Gasteiger partial charge in [0.15, 0.2) is 5.82 Å². The highest BCUT2D eigenvalue weighted by Gasteiger charge is 2.13. The molecule has 0 fully saturated rings. The molecule has 3 aromatic carbocycles. The lowest BCUT2D eigenvalue weighted by atomic mass is 10.0. The summed E-state index contributed by atoms with van der Waals surface area (Å²) in [6, 6.07) is 22.3. The Balaban J connectivity index is 1.96. The second-order valence-electron chi connectivity index (χ2n) is 6.09. The number of nitro benzene ring substituents is 1. The molecule has 0 N–H and O–H groups in total. The minimum absolute atomic E-state index is 0.0616. The van der Waals surface area contributed by atoms with Gasteiger partial charge >= 0.3 is 0 Å². The Bertz CT molecular complexity index is 1110. The number of non-ortho nitro benzene ring substituents is 1. The van der Waals surface area contributed by atoms with E-state index in [9.17, 15) is 10.1 Å². The molecule has 126 valence electrons. The number of hydrogen-bond donors (Lipinski definition) is 0. The summed E-state index contributed by atoms with van der Waals surface area (Å²) in [5.41, 5.74) is 4.54. The molecule has 0 atom stereocenters. The highest BCUT2D eigenvalue weighted by Crippen LogP contribution is 2.30. The Kier molecular flexibility index (Phi) is 3.89. The van der Waals surface area contributed by atoms with Gasteiger partial charge in [0, 0.05) is 28.6 Å². The second-order valence-corrected chi connectivity index (χ2v) is 6.09. The van der Waals surface area contributed by atoms with Crippen molar-refractivity contribution in [1.29, 1.82) is 0 Å². The monoisotopic (exact) mass is 341 g/mol. The molecule has 0 unspecified atom stereocenters. The fourth-order valence-electron chi connectivity index (χ4n) is 2.92. The van der Waals surface area contributed by atoms with Gasteiger partial charge < -0.3 is 0 Å². The molecular weight excluding hydrogens is 326 g/mol. The standard InChI is InChI=1S/C21H15N3O2/c1-14-7-12-19-18(13-14)20(15-8-10-17(11-9-15)24(25)26)23-21(22-19)16-5-3-2-4-6-16/h2-13H,1H3. The molecule has 0 aliphatic heterocycles. The Morgan fingerprint density at radius 2 is 1.58 bits per heavy atom. The molecular formula is C21H15N3O2. The molecule has 1 heterocycles. The van der Waals surface area contributed by atoms with E-state index < -0.39 is 4.92 Å². The maximum absolute atomic E-state index is 10.9. The topological polar surface area (TPSA) is 68.9 Å². The van der Waals surface area contributed by atoms with Crippen LogP contribution in [0, 0.1) is 17.0 Å². The van der Waals surface area contributed by atoms with Gasteiger partial charge in [-0.05, 0) is 31.2 Å². The Morgan fingerprint density at radius 3 is 2.27 bits per heavy atom. The lowest BCUT2D eigenvalue weighted by Gasteiger charge is -2.10. The van der Waals surface area contributed by atoms with Gasteiger partial charge in [0.2, 0.25) is 0 Å². The fraction of sp³-hybridized carbons (Fsp3) is 0.0476. The van der Waals surface area contributed by atoms with Gasteiger partial charge in [-0.2, -0.15) is 0 Å². The minimum atomic E-state index is -0.401. The number of benzene rings is 3. The Morgan fingerprint density at radius 1 is 0.846 bits per heavy atom. The second kappa shape index (κ2) is 6.37. The van der Waals surface area contributed by atoms with E-state index in [0.717, 1.165) is 33.3 Å². The zero-order valence-electron chi connectivity index (χ0n) is 14.1. The SMILES string of the molecule is Cc1ccc2nc(-c3ccccc3)nc(-c3ccc([N+](=O)[O-])cc3)c2c1. The first-order valence-electron chi connectivity index (χ1n) is 8.20. The molecule has 1 aromatic heterocycles. The van der Waals surface area contributed by atoms with Crippen LogP contribution in [-0.4, -0.2) is 14.9 Å². The van der Waals surface area contributed by atoms with Crippen molar-refractivity contribution in [3.8, 4) is 22.6 Å². The molecule has 0 saturated carbocycles. The summed E-state index contributed by atoms with van der Waals surface area (Å²) < 4.78 is 0. The highest BCUT2D eigenvalue weighted by atomic mass is 16.6. The third kappa shape index (κ3) is 2.91. The minimum Gasteiger partial charge on any atom is -0.258 e. The Labute approximate surface area is 150 Å². The van der Waals surface area contributed by atoms with Crippen molar-refractivity contribution in [1.82, 2.24) is 9.97 Å². The van der Waals surface area contributed by atoms with Crippen molar-refractivity contribution >= 4 is 16.6 Å². The lowest BCUT2D eigenvalue weighted by Crippen LogP contribution is -1.96. The molecule has 4 aromatic rings. The van der Waals surface area contributed by atoms with Crippen LogP contribution in [0.3, 0.4) is 0 Å². The largest absolute Gasteiger partial charge is 0.269 e. The molecule has 0 spiro atoms. The fourth-order valence-corrected chi connectivity index (χ4v) is 2.92. The molecule has 26 heavy (non-hydrogen) atoms. The molecule has 0 radical (unpaired) electrons. The summed E-state index contributed by atoms with van der Waals surface area (Å²) in [5.74, 6) is 0.635. The van der Waals surface area contributed by atoms with E-state index in [1.165, 1.54) is 12.1 Å². The number of rotatable bonds is 3. The third-order valence-electron chi connectivity index (χ3n) is 4.23. The van der Waals surface area contributed by atoms with E-state index in [2.05, 4.69) is 0 Å². The number of nitrogens with zero attached hydrogens (tertiary/aromatic N) is 3. The van der Waals surface area contributed by atoms with Gasteiger partial charge in [-0.1, -0.05) is 42.0 Å². The Hall–Kier alpha value is -3.60. The van der Waals surface area contributed by atoms with Gasteiger partial charge in [0.25, 0.3) is 5.69 Å². The van der Waals surface area contributed by atoms with Crippen LogP contribution in [0.15, 0.2) is 72.8 Å². The van der Waals surface area contributed by atoms with Crippen LogP contribution in [0.25, 0.3) is 33.5 Å². The van der Waals surface area contributed by atoms with Crippen molar-refractivity contribution < 1.29 is 4.92 Å². The molecule has 0 aliphatic rings. The van der Waals surface area contributed by atoms with Crippen LogP contribution >= 0.6 is 0 Å².